The number of rotatable bonds is 0. The summed E-state index contributed by atoms with van der Waals surface area (Å²) in [5, 5.41) is 3.42. The van der Waals surface area contributed by atoms with Crippen molar-refractivity contribution in [2.24, 2.45) is 0 Å². The zero-order chi connectivity index (χ0) is 7.33. The van der Waals surface area contributed by atoms with Gasteiger partial charge in [-0.1, -0.05) is 0 Å². The van der Waals surface area contributed by atoms with E-state index in [4.69, 9.17) is 23.6 Å². The van der Waals surface area contributed by atoms with Crippen LogP contribution in [-0.2, 0) is 0 Å². The molecule has 2 unspecified atom stereocenters. The minimum absolute atomic E-state index is 0.537. The van der Waals surface area contributed by atoms with Crippen LogP contribution in [0, 0.1) is 0 Å². The van der Waals surface area contributed by atoms with Crippen molar-refractivity contribution in [3.63, 3.8) is 0 Å². The molecule has 0 aromatic carbocycles. The lowest BCUT2D eigenvalue weighted by atomic mass is 10.0. The fraction of sp³-hybridized carbons (Fsp3) is 1.00. The number of hydrogen-bond acceptors (Lipinski definition) is 3. The van der Waals surface area contributed by atoms with Gasteiger partial charge in [0.25, 0.3) is 0 Å². The molecule has 3 aliphatic heterocycles. The summed E-state index contributed by atoms with van der Waals surface area (Å²) in [5.74, 6) is 0. The Labute approximate surface area is 74.4 Å². The van der Waals surface area contributed by atoms with Crippen molar-refractivity contribution in [1.82, 2.24) is 14.2 Å². The number of nitrogens with zero attached hydrogens (tertiary/aromatic N) is 2. The van der Waals surface area contributed by atoms with E-state index >= 15 is 0 Å². The first-order chi connectivity index (χ1) is 5.30. The second kappa shape index (κ2) is 1.44. The first-order valence-electron chi connectivity index (χ1n) is 3.95. The predicted octanol–water partition coefficient (Wildman–Crippen LogP) is -0.246. The molecule has 1 saturated carbocycles. The van der Waals surface area contributed by atoms with Crippen LogP contribution in [0.5, 0.6) is 0 Å². The van der Waals surface area contributed by atoms with Gasteiger partial charge in [0.2, 0.25) is 0 Å². The Morgan fingerprint density at radius 2 is 1.27 bits per heavy atom. The Morgan fingerprint density at radius 3 is 1.73 bits per heavy atom. The van der Waals surface area contributed by atoms with E-state index in [0.29, 0.717) is 36.3 Å². The van der Waals surface area contributed by atoms with Crippen molar-refractivity contribution in [2.45, 2.75) is 36.3 Å². The summed E-state index contributed by atoms with van der Waals surface area (Å²) in [6.07, 6.45) is 0. The number of halogens is 2. The van der Waals surface area contributed by atoms with Crippen LogP contribution in [0.25, 0.3) is 0 Å². The Balaban J connectivity index is 1.76. The molecule has 1 aliphatic carbocycles. The maximum atomic E-state index is 5.97. The fourth-order valence-corrected chi connectivity index (χ4v) is 3.53. The standard InChI is InChI=1S/C6H7Cl2N3/c7-10-3-1-2(9-1)4-6(5(3)10)11(4)8/h1-6,9H/t1-,2+,3-,4+,5-,6+,10?,11?. The summed E-state index contributed by atoms with van der Waals surface area (Å²) in [5.41, 5.74) is 0. The second-order valence-corrected chi connectivity index (χ2v) is 4.65. The smallest absolute Gasteiger partial charge is 0.0625 e. The molecule has 0 aromatic heterocycles. The summed E-state index contributed by atoms with van der Waals surface area (Å²) < 4.78 is 3.84. The summed E-state index contributed by atoms with van der Waals surface area (Å²) in [6.45, 7) is 0. The highest BCUT2D eigenvalue weighted by molar-refractivity contribution is 6.18. The van der Waals surface area contributed by atoms with Gasteiger partial charge in [-0.25, -0.2) is 8.84 Å². The molecule has 11 heavy (non-hydrogen) atoms. The summed E-state index contributed by atoms with van der Waals surface area (Å²) in [4.78, 5) is 0. The van der Waals surface area contributed by atoms with Gasteiger partial charge in [-0.3, -0.25) is 0 Å². The second-order valence-electron chi connectivity index (χ2n) is 3.87. The molecule has 0 bridgehead atoms. The highest BCUT2D eigenvalue weighted by atomic mass is 35.5. The van der Waals surface area contributed by atoms with Gasteiger partial charge in [0.15, 0.2) is 0 Å². The molecule has 0 aromatic rings. The molecule has 0 radical (unpaired) electrons. The fourth-order valence-electron chi connectivity index (χ4n) is 2.69. The van der Waals surface area contributed by atoms with Gasteiger partial charge in [-0.15, -0.1) is 0 Å². The monoisotopic (exact) mass is 191 g/mol. The quantitative estimate of drug-likeness (QED) is 0.423. The molecule has 5 heteroatoms. The topological polar surface area (TPSA) is 28.0 Å². The van der Waals surface area contributed by atoms with E-state index in [9.17, 15) is 0 Å². The molecule has 1 N–H and O–H groups in total. The molecule has 3 saturated heterocycles. The van der Waals surface area contributed by atoms with Crippen LogP contribution in [0.15, 0.2) is 0 Å². The number of hydrogen-bond donors (Lipinski definition) is 1. The lowest BCUT2D eigenvalue weighted by Gasteiger charge is -1.94. The van der Waals surface area contributed by atoms with Crippen molar-refractivity contribution >= 4 is 23.6 Å². The number of fused-ring (bicyclic) bond motifs is 6. The van der Waals surface area contributed by atoms with E-state index in [-0.39, 0.29) is 0 Å². The summed E-state index contributed by atoms with van der Waals surface area (Å²) in [7, 11) is 0. The molecule has 4 fully saturated rings. The molecule has 4 rings (SSSR count). The average Bonchev–Trinajstić information content (AvgIpc) is 2.72. The molecule has 0 amide bonds. The van der Waals surface area contributed by atoms with E-state index in [1.165, 1.54) is 0 Å². The first-order valence-corrected chi connectivity index (χ1v) is 4.62. The van der Waals surface area contributed by atoms with Gasteiger partial charge in [-0.05, 0) is 23.6 Å². The van der Waals surface area contributed by atoms with Crippen LogP contribution in [0.3, 0.4) is 0 Å². The van der Waals surface area contributed by atoms with Crippen molar-refractivity contribution < 1.29 is 0 Å². The first kappa shape index (κ1) is 6.00. The van der Waals surface area contributed by atoms with Crippen LogP contribution < -0.4 is 5.32 Å². The Hall–Kier alpha value is 0.460. The lowest BCUT2D eigenvalue weighted by molar-refractivity contribution is 0.680. The van der Waals surface area contributed by atoms with Crippen molar-refractivity contribution in [2.75, 3.05) is 0 Å². The largest absolute Gasteiger partial charge is 0.305 e. The molecule has 60 valence electrons. The van der Waals surface area contributed by atoms with Crippen LogP contribution >= 0.6 is 23.6 Å². The Morgan fingerprint density at radius 1 is 0.818 bits per heavy atom. The third-order valence-corrected chi connectivity index (χ3v) is 4.31. The number of nitrogens with one attached hydrogen (secondary N) is 1. The summed E-state index contributed by atoms with van der Waals surface area (Å²) in [6, 6.07) is 3.51. The van der Waals surface area contributed by atoms with Gasteiger partial charge in [0, 0.05) is 12.1 Å². The van der Waals surface area contributed by atoms with Crippen molar-refractivity contribution in [1.29, 1.82) is 0 Å². The van der Waals surface area contributed by atoms with E-state index in [2.05, 4.69) is 5.32 Å². The van der Waals surface area contributed by atoms with Crippen LogP contribution in [-0.4, -0.2) is 45.1 Å². The highest BCUT2D eigenvalue weighted by Gasteiger charge is 2.79. The van der Waals surface area contributed by atoms with Crippen LogP contribution in [0.1, 0.15) is 0 Å². The van der Waals surface area contributed by atoms with Crippen LogP contribution in [0.2, 0.25) is 0 Å². The maximum absolute atomic E-state index is 5.97. The van der Waals surface area contributed by atoms with Crippen molar-refractivity contribution in [3.05, 3.63) is 0 Å². The molecular formula is C6H7Cl2N3. The Kier molecular flexibility index (Phi) is 0.787. The minimum atomic E-state index is 0.537. The van der Waals surface area contributed by atoms with E-state index in [0.717, 1.165) is 0 Å². The molecule has 3 nitrogen and oxygen atoms in total. The van der Waals surface area contributed by atoms with Crippen molar-refractivity contribution in [3.8, 4) is 0 Å². The molecular weight excluding hydrogens is 185 g/mol. The normalized spacial score (nSPS) is 81.3. The van der Waals surface area contributed by atoms with Gasteiger partial charge in [-0.2, -0.15) is 0 Å². The van der Waals surface area contributed by atoms with Gasteiger partial charge in [0.05, 0.1) is 24.2 Å². The van der Waals surface area contributed by atoms with Gasteiger partial charge in [0.1, 0.15) is 0 Å². The molecule has 3 heterocycles. The molecule has 0 spiro atoms. The zero-order valence-electron chi connectivity index (χ0n) is 5.61. The van der Waals surface area contributed by atoms with E-state index in [1.54, 1.807) is 0 Å². The lowest BCUT2D eigenvalue weighted by Crippen LogP contribution is -2.20. The third-order valence-electron chi connectivity index (χ3n) is 3.41. The average molecular weight is 192 g/mol. The minimum Gasteiger partial charge on any atom is -0.305 e. The van der Waals surface area contributed by atoms with Gasteiger partial charge < -0.3 is 5.32 Å². The van der Waals surface area contributed by atoms with E-state index < -0.39 is 0 Å². The highest BCUT2D eigenvalue weighted by Crippen LogP contribution is 2.58. The SMILES string of the molecule is ClN1[C@H]2[C@@H]3[C@H]([C@H]4N[C@H]4[C@H]21)N3Cl. The maximum Gasteiger partial charge on any atom is 0.0625 e. The third kappa shape index (κ3) is 0.506. The zero-order valence-corrected chi connectivity index (χ0v) is 7.13. The predicted molar refractivity (Wildman–Crippen MR) is 41.2 cm³/mol. The van der Waals surface area contributed by atoms with Gasteiger partial charge >= 0.3 is 0 Å². The molecule has 8 atom stereocenters. The van der Waals surface area contributed by atoms with Crippen LogP contribution in [0.4, 0.5) is 0 Å². The Bertz CT molecular complexity index is 224. The van der Waals surface area contributed by atoms with E-state index in [1.807, 2.05) is 8.84 Å². The summed E-state index contributed by atoms with van der Waals surface area (Å²) >= 11 is 11.9. The molecule has 4 aliphatic rings.